The minimum atomic E-state index is 0.257. The maximum Gasteiger partial charge on any atom is 0.122 e. The van der Waals surface area contributed by atoms with E-state index < -0.39 is 0 Å². The molecule has 3 heteroatoms. The molecule has 2 rings (SSSR count). The van der Waals surface area contributed by atoms with Crippen LogP contribution in [-0.2, 0) is 6.42 Å². The number of ether oxygens (including phenoxy) is 1. The number of nitrogens with two attached hydrogens (primary N) is 1. The van der Waals surface area contributed by atoms with Crippen molar-refractivity contribution in [2.75, 3.05) is 13.7 Å². The third-order valence-corrected chi connectivity index (χ3v) is 4.37. The lowest BCUT2D eigenvalue weighted by atomic mass is 9.85. The molecule has 0 amide bonds. The van der Waals surface area contributed by atoms with Crippen LogP contribution in [0.3, 0.4) is 0 Å². The monoisotopic (exact) mass is 317 g/mol. The lowest BCUT2D eigenvalue weighted by molar-refractivity contribution is 0.408. The zero-order valence-electron chi connectivity index (χ0n) is 13.7. The van der Waals surface area contributed by atoms with Gasteiger partial charge in [-0.25, -0.2) is 0 Å². The second kappa shape index (κ2) is 7.17. The first-order valence-corrected chi connectivity index (χ1v) is 7.94. The predicted molar refractivity (Wildman–Crippen MR) is 94.2 cm³/mol. The highest BCUT2D eigenvalue weighted by atomic mass is 35.5. The summed E-state index contributed by atoms with van der Waals surface area (Å²) in [4.78, 5) is 0. The molecular weight excluding hydrogens is 294 g/mol. The molecule has 1 unspecified atom stereocenters. The van der Waals surface area contributed by atoms with Crippen LogP contribution in [0.4, 0.5) is 0 Å². The molecule has 0 radical (unpaired) electrons. The molecule has 0 saturated carbocycles. The average Bonchev–Trinajstić information content (AvgIpc) is 2.45. The molecule has 0 aliphatic rings. The van der Waals surface area contributed by atoms with Gasteiger partial charge in [-0.05, 0) is 74.2 Å². The highest BCUT2D eigenvalue weighted by molar-refractivity contribution is 6.30. The van der Waals surface area contributed by atoms with E-state index in [0.29, 0.717) is 6.54 Å². The van der Waals surface area contributed by atoms with Gasteiger partial charge >= 0.3 is 0 Å². The minimum absolute atomic E-state index is 0.257. The normalized spacial score (nSPS) is 12.3. The Balaban J connectivity index is 2.40. The van der Waals surface area contributed by atoms with Gasteiger partial charge < -0.3 is 10.5 Å². The van der Waals surface area contributed by atoms with E-state index in [4.69, 9.17) is 22.1 Å². The second-order valence-electron chi connectivity index (χ2n) is 5.91. The average molecular weight is 318 g/mol. The summed E-state index contributed by atoms with van der Waals surface area (Å²) < 4.78 is 5.46. The highest BCUT2D eigenvalue weighted by Gasteiger charge is 2.18. The van der Waals surface area contributed by atoms with Crippen molar-refractivity contribution in [1.82, 2.24) is 0 Å². The van der Waals surface area contributed by atoms with Crippen molar-refractivity contribution in [3.05, 3.63) is 63.2 Å². The Morgan fingerprint density at radius 1 is 1.09 bits per heavy atom. The smallest absolute Gasteiger partial charge is 0.122 e. The molecule has 0 fully saturated rings. The van der Waals surface area contributed by atoms with Crippen LogP contribution >= 0.6 is 11.6 Å². The molecule has 22 heavy (non-hydrogen) atoms. The maximum atomic E-state index is 6.14. The first-order valence-electron chi connectivity index (χ1n) is 7.56. The zero-order chi connectivity index (χ0) is 16.3. The topological polar surface area (TPSA) is 35.2 Å². The van der Waals surface area contributed by atoms with Crippen LogP contribution < -0.4 is 10.5 Å². The fourth-order valence-corrected chi connectivity index (χ4v) is 3.51. The van der Waals surface area contributed by atoms with Crippen LogP contribution in [0.5, 0.6) is 5.75 Å². The fourth-order valence-electron chi connectivity index (χ4n) is 3.31. The molecule has 1 atom stereocenters. The minimum Gasteiger partial charge on any atom is -0.496 e. The van der Waals surface area contributed by atoms with Gasteiger partial charge in [-0.1, -0.05) is 29.3 Å². The standard InChI is InChI=1S/C19H24ClNO/c1-12-7-13(2)19(14(3)8-12)16(11-21)9-15-10-17(20)5-6-18(15)22-4/h5-8,10,16H,9,11,21H2,1-4H3. The van der Waals surface area contributed by atoms with Crippen LogP contribution in [0, 0.1) is 20.8 Å². The van der Waals surface area contributed by atoms with E-state index >= 15 is 0 Å². The molecule has 118 valence electrons. The van der Waals surface area contributed by atoms with Gasteiger partial charge in [0.15, 0.2) is 0 Å². The van der Waals surface area contributed by atoms with E-state index in [0.717, 1.165) is 22.8 Å². The molecule has 2 aromatic rings. The van der Waals surface area contributed by atoms with Crippen molar-refractivity contribution < 1.29 is 4.74 Å². The van der Waals surface area contributed by atoms with Gasteiger partial charge in [0.05, 0.1) is 7.11 Å². The molecule has 0 saturated heterocycles. The molecule has 0 bridgehead atoms. The molecule has 2 nitrogen and oxygen atoms in total. The fraction of sp³-hybridized carbons (Fsp3) is 0.368. The Hall–Kier alpha value is -1.51. The van der Waals surface area contributed by atoms with Crippen molar-refractivity contribution in [2.45, 2.75) is 33.1 Å². The Morgan fingerprint density at radius 3 is 2.27 bits per heavy atom. The number of halogens is 1. The van der Waals surface area contributed by atoms with Gasteiger partial charge in [0.1, 0.15) is 5.75 Å². The first kappa shape index (κ1) is 16.9. The van der Waals surface area contributed by atoms with Crippen LogP contribution in [0.15, 0.2) is 30.3 Å². The van der Waals surface area contributed by atoms with E-state index in [1.807, 2.05) is 18.2 Å². The van der Waals surface area contributed by atoms with Crippen molar-refractivity contribution in [3.8, 4) is 5.75 Å². The third kappa shape index (κ3) is 3.63. The summed E-state index contributed by atoms with van der Waals surface area (Å²) in [5.74, 6) is 1.12. The molecule has 2 N–H and O–H groups in total. The van der Waals surface area contributed by atoms with Gasteiger partial charge in [-0.3, -0.25) is 0 Å². The number of methoxy groups -OCH3 is 1. The van der Waals surface area contributed by atoms with Gasteiger partial charge in [-0.15, -0.1) is 0 Å². The maximum absolute atomic E-state index is 6.14. The Bertz CT molecular complexity index is 643. The van der Waals surface area contributed by atoms with Crippen LogP contribution in [0.25, 0.3) is 0 Å². The molecule has 0 heterocycles. The Morgan fingerprint density at radius 2 is 1.73 bits per heavy atom. The Labute approximate surface area is 138 Å². The van der Waals surface area contributed by atoms with Gasteiger partial charge in [-0.2, -0.15) is 0 Å². The third-order valence-electron chi connectivity index (χ3n) is 4.14. The molecule has 0 aliphatic heterocycles. The predicted octanol–water partition coefficient (Wildman–Crippen LogP) is 4.56. The number of aryl methyl sites for hydroxylation is 3. The number of hydrogen-bond acceptors (Lipinski definition) is 2. The quantitative estimate of drug-likeness (QED) is 0.877. The van der Waals surface area contributed by atoms with Gasteiger partial charge in [0.25, 0.3) is 0 Å². The number of hydrogen-bond donors (Lipinski definition) is 1. The van der Waals surface area contributed by atoms with Crippen LogP contribution in [-0.4, -0.2) is 13.7 Å². The highest BCUT2D eigenvalue weighted by Crippen LogP contribution is 2.31. The summed E-state index contributed by atoms with van der Waals surface area (Å²) in [5.41, 5.74) is 12.4. The second-order valence-corrected chi connectivity index (χ2v) is 6.34. The lowest BCUT2D eigenvalue weighted by Gasteiger charge is -2.22. The van der Waals surface area contributed by atoms with E-state index in [1.165, 1.54) is 22.3 Å². The lowest BCUT2D eigenvalue weighted by Crippen LogP contribution is -2.18. The molecule has 2 aromatic carbocycles. The summed E-state index contributed by atoms with van der Waals surface area (Å²) in [6.07, 6.45) is 0.824. The Kier molecular flexibility index (Phi) is 5.49. The van der Waals surface area contributed by atoms with E-state index in [1.54, 1.807) is 7.11 Å². The zero-order valence-corrected chi connectivity index (χ0v) is 14.5. The van der Waals surface area contributed by atoms with Crippen molar-refractivity contribution in [3.63, 3.8) is 0 Å². The van der Waals surface area contributed by atoms with Crippen LogP contribution in [0.1, 0.15) is 33.7 Å². The van der Waals surface area contributed by atoms with Gasteiger partial charge in [0.2, 0.25) is 0 Å². The first-order chi connectivity index (χ1) is 10.5. The van der Waals surface area contributed by atoms with Crippen LogP contribution in [0.2, 0.25) is 5.02 Å². The molecular formula is C19H24ClNO. The molecule has 0 aliphatic carbocycles. The molecule has 0 aromatic heterocycles. The number of benzene rings is 2. The summed E-state index contributed by atoms with van der Waals surface area (Å²) in [6, 6.07) is 10.2. The summed E-state index contributed by atoms with van der Waals surface area (Å²) in [5, 5.41) is 0.726. The summed E-state index contributed by atoms with van der Waals surface area (Å²) in [7, 11) is 1.69. The van der Waals surface area contributed by atoms with Crippen molar-refractivity contribution >= 4 is 11.6 Å². The number of rotatable bonds is 5. The largest absolute Gasteiger partial charge is 0.496 e. The van der Waals surface area contributed by atoms with Crippen molar-refractivity contribution in [1.29, 1.82) is 0 Å². The van der Waals surface area contributed by atoms with Gasteiger partial charge in [0, 0.05) is 10.9 Å². The van der Waals surface area contributed by atoms with Crippen molar-refractivity contribution in [2.24, 2.45) is 5.73 Å². The summed E-state index contributed by atoms with van der Waals surface area (Å²) >= 11 is 6.14. The SMILES string of the molecule is COc1ccc(Cl)cc1CC(CN)c1c(C)cc(C)cc1C. The summed E-state index contributed by atoms with van der Waals surface area (Å²) in [6.45, 7) is 7.04. The van der Waals surface area contributed by atoms with E-state index in [9.17, 15) is 0 Å². The van der Waals surface area contributed by atoms with E-state index in [-0.39, 0.29) is 5.92 Å². The molecule has 0 spiro atoms. The van der Waals surface area contributed by atoms with E-state index in [2.05, 4.69) is 32.9 Å².